The van der Waals surface area contributed by atoms with Gasteiger partial charge in [0.2, 0.25) is 0 Å². The van der Waals surface area contributed by atoms with Gasteiger partial charge in [-0.05, 0) is 61.7 Å². The number of benzene rings is 4. The smallest absolute Gasteiger partial charge is 0.146 e. The molecule has 138 valence electrons. The normalized spacial score (nSPS) is 10.0. The van der Waals surface area contributed by atoms with Crippen molar-refractivity contribution in [2.75, 3.05) is 0 Å². The van der Waals surface area contributed by atoms with Crippen molar-refractivity contribution in [3.05, 3.63) is 118 Å². The maximum Gasteiger partial charge on any atom is 0.146 e. The van der Waals surface area contributed by atoms with Gasteiger partial charge in [-0.3, -0.25) is 0 Å². The zero-order chi connectivity index (χ0) is 20.2. The van der Waals surface area contributed by atoms with E-state index in [-0.39, 0.29) is 5.82 Å². The summed E-state index contributed by atoms with van der Waals surface area (Å²) in [6, 6.07) is 25.2. The van der Waals surface area contributed by atoms with Crippen LogP contribution in [0.2, 0.25) is 0 Å². The lowest BCUT2D eigenvalue weighted by molar-refractivity contribution is 0.636. The van der Waals surface area contributed by atoms with Crippen LogP contribution < -0.4 is 0 Å². The standard InChI is InChI=1S/C28H19F/c1-20-3-6-22(7-4-20)8-9-23-10-12-24(13-11-23)14-15-25-16-17-26-19-21(2)5-18-27(26)28(25)29/h3-7,10-13,16-19H,1-2H3. The largest absolute Gasteiger partial charge is 0.205 e. The lowest BCUT2D eigenvalue weighted by atomic mass is 10.0. The fourth-order valence-corrected chi connectivity index (χ4v) is 3.07. The topological polar surface area (TPSA) is 0 Å². The Labute approximate surface area is 171 Å². The lowest BCUT2D eigenvalue weighted by Gasteiger charge is -2.03. The van der Waals surface area contributed by atoms with E-state index in [4.69, 9.17) is 0 Å². The molecule has 0 unspecified atom stereocenters. The summed E-state index contributed by atoms with van der Waals surface area (Å²) in [5.74, 6) is 12.1. The Morgan fingerprint density at radius 1 is 0.552 bits per heavy atom. The highest BCUT2D eigenvalue weighted by Gasteiger charge is 2.05. The molecule has 0 aliphatic rings. The van der Waals surface area contributed by atoms with Crippen LogP contribution in [0, 0.1) is 43.3 Å². The Morgan fingerprint density at radius 3 is 1.69 bits per heavy atom. The van der Waals surface area contributed by atoms with Gasteiger partial charge in [0.05, 0.1) is 5.56 Å². The second-order valence-electron chi connectivity index (χ2n) is 7.10. The molecule has 0 N–H and O–H groups in total. The van der Waals surface area contributed by atoms with Crippen LogP contribution in [0.4, 0.5) is 4.39 Å². The summed E-state index contributed by atoms with van der Waals surface area (Å²) in [5, 5.41) is 1.49. The van der Waals surface area contributed by atoms with E-state index in [1.165, 1.54) is 5.56 Å². The molecule has 0 saturated carbocycles. The van der Waals surface area contributed by atoms with Crippen LogP contribution in [-0.2, 0) is 0 Å². The molecule has 0 aliphatic heterocycles. The highest BCUT2D eigenvalue weighted by Crippen LogP contribution is 2.22. The van der Waals surface area contributed by atoms with E-state index in [1.807, 2.05) is 67.6 Å². The Bertz CT molecular complexity index is 1300. The minimum absolute atomic E-state index is 0.268. The molecule has 29 heavy (non-hydrogen) atoms. The molecule has 0 nitrogen and oxygen atoms in total. The molecule has 0 radical (unpaired) electrons. The number of hydrogen-bond donors (Lipinski definition) is 0. The Balaban J connectivity index is 1.55. The number of fused-ring (bicyclic) bond motifs is 1. The molecule has 4 rings (SSSR count). The van der Waals surface area contributed by atoms with Gasteiger partial charge < -0.3 is 0 Å². The van der Waals surface area contributed by atoms with Crippen LogP contribution in [0.3, 0.4) is 0 Å². The third-order valence-electron chi connectivity index (χ3n) is 4.74. The van der Waals surface area contributed by atoms with Gasteiger partial charge in [-0.15, -0.1) is 0 Å². The minimum atomic E-state index is -0.268. The van der Waals surface area contributed by atoms with Gasteiger partial charge in [0.25, 0.3) is 0 Å². The maximum atomic E-state index is 14.7. The van der Waals surface area contributed by atoms with E-state index < -0.39 is 0 Å². The van der Waals surface area contributed by atoms with Crippen LogP contribution in [0.5, 0.6) is 0 Å². The monoisotopic (exact) mass is 374 g/mol. The van der Waals surface area contributed by atoms with Gasteiger partial charge in [-0.1, -0.05) is 71.2 Å². The van der Waals surface area contributed by atoms with Crippen LogP contribution in [0.15, 0.2) is 78.9 Å². The average molecular weight is 374 g/mol. The molecule has 4 aromatic rings. The van der Waals surface area contributed by atoms with Gasteiger partial charge in [-0.2, -0.15) is 0 Å². The number of rotatable bonds is 0. The van der Waals surface area contributed by atoms with Crippen molar-refractivity contribution in [2.24, 2.45) is 0 Å². The van der Waals surface area contributed by atoms with Gasteiger partial charge in [0.15, 0.2) is 0 Å². The summed E-state index contributed by atoms with van der Waals surface area (Å²) in [7, 11) is 0. The van der Waals surface area contributed by atoms with Crippen molar-refractivity contribution in [1.82, 2.24) is 0 Å². The Morgan fingerprint density at radius 2 is 1.07 bits per heavy atom. The Hall–Kier alpha value is -3.81. The SMILES string of the molecule is Cc1ccc(C#Cc2ccc(C#Cc3ccc4cc(C)ccc4c3F)cc2)cc1. The molecule has 4 aromatic carbocycles. The number of hydrogen-bond acceptors (Lipinski definition) is 0. The summed E-state index contributed by atoms with van der Waals surface area (Å²) in [6.45, 7) is 4.06. The maximum absolute atomic E-state index is 14.7. The molecule has 0 atom stereocenters. The number of halogens is 1. The van der Waals surface area contributed by atoms with Crippen molar-refractivity contribution in [3.63, 3.8) is 0 Å². The lowest BCUT2D eigenvalue weighted by Crippen LogP contribution is -1.87. The predicted molar refractivity (Wildman–Crippen MR) is 118 cm³/mol. The fourth-order valence-electron chi connectivity index (χ4n) is 3.07. The third-order valence-corrected chi connectivity index (χ3v) is 4.74. The molecule has 0 spiro atoms. The van der Waals surface area contributed by atoms with E-state index in [9.17, 15) is 4.39 Å². The van der Waals surface area contributed by atoms with E-state index >= 15 is 0 Å². The quantitative estimate of drug-likeness (QED) is 0.313. The van der Waals surface area contributed by atoms with Crippen LogP contribution >= 0.6 is 0 Å². The van der Waals surface area contributed by atoms with E-state index in [2.05, 4.69) is 42.7 Å². The van der Waals surface area contributed by atoms with Crippen molar-refractivity contribution >= 4 is 10.8 Å². The summed E-state index contributed by atoms with van der Waals surface area (Å²) < 4.78 is 14.7. The molecule has 0 aromatic heterocycles. The molecule has 0 heterocycles. The summed E-state index contributed by atoms with van der Waals surface area (Å²) in [6.07, 6.45) is 0. The second-order valence-corrected chi connectivity index (χ2v) is 7.10. The third kappa shape index (κ3) is 4.37. The fraction of sp³-hybridized carbons (Fsp3) is 0.0714. The van der Waals surface area contributed by atoms with E-state index in [1.54, 1.807) is 6.07 Å². The minimum Gasteiger partial charge on any atom is -0.205 e. The first kappa shape index (κ1) is 18.5. The van der Waals surface area contributed by atoms with E-state index in [0.717, 1.165) is 27.6 Å². The molecule has 0 aliphatic carbocycles. The average Bonchev–Trinajstić information content (AvgIpc) is 2.73. The van der Waals surface area contributed by atoms with Crippen molar-refractivity contribution in [1.29, 1.82) is 0 Å². The van der Waals surface area contributed by atoms with Gasteiger partial charge in [0.1, 0.15) is 5.82 Å². The first-order valence-electron chi connectivity index (χ1n) is 9.48. The molecule has 0 bridgehead atoms. The molecule has 0 amide bonds. The molecular weight excluding hydrogens is 355 g/mol. The van der Waals surface area contributed by atoms with Gasteiger partial charge in [-0.25, -0.2) is 4.39 Å². The predicted octanol–water partition coefficient (Wildman–Crippen LogP) is 6.40. The first-order valence-corrected chi connectivity index (χ1v) is 9.48. The second kappa shape index (κ2) is 8.05. The van der Waals surface area contributed by atoms with Gasteiger partial charge >= 0.3 is 0 Å². The zero-order valence-electron chi connectivity index (χ0n) is 16.4. The molecular formula is C28H19F. The highest BCUT2D eigenvalue weighted by molar-refractivity contribution is 5.85. The van der Waals surface area contributed by atoms with Crippen molar-refractivity contribution in [2.45, 2.75) is 13.8 Å². The summed E-state index contributed by atoms with van der Waals surface area (Å²) >= 11 is 0. The number of aryl methyl sites for hydroxylation is 2. The van der Waals surface area contributed by atoms with E-state index in [0.29, 0.717) is 10.9 Å². The Kier molecular flexibility index (Phi) is 5.15. The van der Waals surface area contributed by atoms with Crippen LogP contribution in [-0.4, -0.2) is 0 Å². The highest BCUT2D eigenvalue weighted by atomic mass is 19.1. The first-order chi connectivity index (χ1) is 14.1. The van der Waals surface area contributed by atoms with Crippen LogP contribution in [0.1, 0.15) is 33.4 Å². The molecule has 0 fully saturated rings. The van der Waals surface area contributed by atoms with Crippen LogP contribution in [0.25, 0.3) is 10.8 Å². The summed E-state index contributed by atoms with van der Waals surface area (Å²) in [5.41, 5.74) is 5.47. The molecule has 1 heteroatoms. The zero-order valence-corrected chi connectivity index (χ0v) is 16.4. The van der Waals surface area contributed by atoms with Crippen molar-refractivity contribution < 1.29 is 4.39 Å². The van der Waals surface area contributed by atoms with Gasteiger partial charge in [0, 0.05) is 22.1 Å². The molecule has 0 saturated heterocycles. The van der Waals surface area contributed by atoms with Crippen molar-refractivity contribution in [3.8, 4) is 23.7 Å². The summed E-state index contributed by atoms with van der Waals surface area (Å²) in [4.78, 5) is 0.